The molecule has 0 unspecified atom stereocenters. The first-order chi connectivity index (χ1) is 9.12. The van der Waals surface area contributed by atoms with Crippen molar-refractivity contribution in [1.29, 1.82) is 0 Å². The monoisotopic (exact) mass is 266 g/mol. The van der Waals surface area contributed by atoms with Crippen LogP contribution in [-0.2, 0) is 4.84 Å². The van der Waals surface area contributed by atoms with Crippen molar-refractivity contribution in [3.63, 3.8) is 0 Å². The molecule has 19 heavy (non-hydrogen) atoms. The molecule has 0 saturated carbocycles. The summed E-state index contributed by atoms with van der Waals surface area (Å²) in [5.74, 6) is 0. The Bertz CT molecular complexity index is 300. The lowest BCUT2D eigenvalue weighted by atomic mass is 9.88. The van der Waals surface area contributed by atoms with Gasteiger partial charge in [-0.15, -0.1) is 0 Å². The molecule has 3 heteroatoms. The zero-order valence-corrected chi connectivity index (χ0v) is 12.8. The van der Waals surface area contributed by atoms with E-state index in [1.807, 2.05) is 17.3 Å². The number of rotatable bonds is 9. The minimum absolute atomic E-state index is 0.0814. The summed E-state index contributed by atoms with van der Waals surface area (Å²) in [6, 6.07) is 0. The van der Waals surface area contributed by atoms with Crippen LogP contribution in [0.5, 0.6) is 0 Å². The van der Waals surface area contributed by atoms with Gasteiger partial charge in [0.05, 0.1) is 11.2 Å². The van der Waals surface area contributed by atoms with Crippen molar-refractivity contribution in [2.75, 3.05) is 0 Å². The summed E-state index contributed by atoms with van der Waals surface area (Å²) < 4.78 is 0. The van der Waals surface area contributed by atoms with Crippen molar-refractivity contribution < 1.29 is 4.84 Å². The molecule has 0 radical (unpaired) electrons. The number of hydrogen-bond donors (Lipinski definition) is 1. The molecule has 0 aromatic heterocycles. The van der Waals surface area contributed by atoms with Crippen molar-refractivity contribution in [3.05, 3.63) is 24.2 Å². The summed E-state index contributed by atoms with van der Waals surface area (Å²) >= 11 is 0. The van der Waals surface area contributed by atoms with Crippen LogP contribution >= 0.6 is 0 Å². The van der Waals surface area contributed by atoms with Gasteiger partial charge in [-0.3, -0.25) is 0 Å². The Hall–Kier alpha value is -1.12. The molecule has 0 saturated heterocycles. The highest BCUT2D eigenvalue weighted by Gasteiger charge is 2.31. The standard InChI is InChI=1S/C16H30N2O/c1-4-6-8-11-16(3,12-9-7-5-2)18-13-10-15(17)14-19-18/h10,13-14H,4-9,11-12,17H2,1-3H3. The second-order valence-corrected chi connectivity index (χ2v) is 5.78. The third kappa shape index (κ3) is 5.17. The predicted molar refractivity (Wildman–Crippen MR) is 81.0 cm³/mol. The molecule has 0 atom stereocenters. The van der Waals surface area contributed by atoms with E-state index in [1.165, 1.54) is 51.4 Å². The van der Waals surface area contributed by atoms with Crippen LogP contribution < -0.4 is 5.73 Å². The van der Waals surface area contributed by atoms with Crippen molar-refractivity contribution >= 4 is 0 Å². The molecular weight excluding hydrogens is 236 g/mol. The van der Waals surface area contributed by atoms with Crippen molar-refractivity contribution in [3.8, 4) is 0 Å². The summed E-state index contributed by atoms with van der Waals surface area (Å²) in [6.45, 7) is 6.79. The highest BCUT2D eigenvalue weighted by atomic mass is 16.7. The first kappa shape index (κ1) is 15.9. The van der Waals surface area contributed by atoms with E-state index >= 15 is 0 Å². The minimum Gasteiger partial charge on any atom is -0.396 e. The average molecular weight is 266 g/mol. The first-order valence-corrected chi connectivity index (χ1v) is 7.72. The maximum Gasteiger partial charge on any atom is 0.142 e. The first-order valence-electron chi connectivity index (χ1n) is 7.72. The van der Waals surface area contributed by atoms with Crippen LogP contribution in [0.25, 0.3) is 0 Å². The smallest absolute Gasteiger partial charge is 0.142 e. The molecule has 0 fully saturated rings. The number of nitrogens with zero attached hydrogens (tertiary/aromatic N) is 1. The zero-order valence-electron chi connectivity index (χ0n) is 12.8. The molecular formula is C16H30N2O. The van der Waals surface area contributed by atoms with Gasteiger partial charge >= 0.3 is 0 Å². The van der Waals surface area contributed by atoms with E-state index in [4.69, 9.17) is 10.6 Å². The van der Waals surface area contributed by atoms with Crippen molar-refractivity contribution in [2.24, 2.45) is 5.73 Å². The van der Waals surface area contributed by atoms with Gasteiger partial charge in [0.1, 0.15) is 6.26 Å². The Morgan fingerprint density at radius 1 is 1.11 bits per heavy atom. The van der Waals surface area contributed by atoms with Gasteiger partial charge in [0.2, 0.25) is 0 Å². The average Bonchev–Trinajstić information content (AvgIpc) is 2.40. The van der Waals surface area contributed by atoms with E-state index in [-0.39, 0.29) is 5.54 Å². The van der Waals surface area contributed by atoms with Crippen LogP contribution in [0.2, 0.25) is 0 Å². The molecule has 1 heterocycles. The quantitative estimate of drug-likeness (QED) is 0.626. The second-order valence-electron chi connectivity index (χ2n) is 5.78. The third-order valence-corrected chi connectivity index (χ3v) is 3.87. The largest absolute Gasteiger partial charge is 0.396 e. The fourth-order valence-electron chi connectivity index (χ4n) is 2.51. The fraction of sp³-hybridized carbons (Fsp3) is 0.750. The van der Waals surface area contributed by atoms with E-state index < -0.39 is 0 Å². The van der Waals surface area contributed by atoms with Gasteiger partial charge in [-0.25, -0.2) is 5.06 Å². The van der Waals surface area contributed by atoms with Gasteiger partial charge in [0, 0.05) is 6.20 Å². The molecule has 1 rings (SSSR count). The van der Waals surface area contributed by atoms with E-state index in [1.54, 1.807) is 6.26 Å². The number of unbranched alkanes of at least 4 members (excludes halogenated alkanes) is 4. The van der Waals surface area contributed by atoms with Gasteiger partial charge in [-0.1, -0.05) is 52.4 Å². The third-order valence-electron chi connectivity index (χ3n) is 3.87. The lowest BCUT2D eigenvalue weighted by Crippen LogP contribution is -2.43. The molecule has 3 nitrogen and oxygen atoms in total. The Balaban J connectivity index is 2.59. The molecule has 0 spiro atoms. The molecule has 2 N–H and O–H groups in total. The summed E-state index contributed by atoms with van der Waals surface area (Å²) in [7, 11) is 0. The molecule has 0 amide bonds. The van der Waals surface area contributed by atoms with Gasteiger partial charge < -0.3 is 10.6 Å². The minimum atomic E-state index is 0.0814. The SMILES string of the molecule is CCCCCC(C)(CCCCC)N1C=CC(N)=CO1. The van der Waals surface area contributed by atoms with Crippen LogP contribution in [0.15, 0.2) is 24.2 Å². The van der Waals surface area contributed by atoms with Crippen LogP contribution in [0.3, 0.4) is 0 Å². The number of allylic oxidation sites excluding steroid dienone is 1. The number of hydroxylamine groups is 2. The molecule has 0 aromatic rings. The summed E-state index contributed by atoms with van der Waals surface area (Å²) in [5.41, 5.74) is 6.47. The van der Waals surface area contributed by atoms with Gasteiger partial charge in [0.15, 0.2) is 0 Å². The Morgan fingerprint density at radius 3 is 2.11 bits per heavy atom. The zero-order chi connectivity index (χ0) is 14.1. The van der Waals surface area contributed by atoms with Gasteiger partial charge in [-0.2, -0.15) is 0 Å². The molecule has 0 aliphatic carbocycles. The van der Waals surface area contributed by atoms with E-state index in [9.17, 15) is 0 Å². The van der Waals surface area contributed by atoms with Crippen LogP contribution in [0, 0.1) is 0 Å². The number of nitrogens with two attached hydrogens (primary N) is 1. The topological polar surface area (TPSA) is 38.5 Å². The number of hydrogen-bond acceptors (Lipinski definition) is 3. The normalized spacial score (nSPS) is 15.3. The van der Waals surface area contributed by atoms with Crippen LogP contribution in [0.1, 0.15) is 72.1 Å². The molecule has 110 valence electrons. The van der Waals surface area contributed by atoms with E-state index in [0.29, 0.717) is 5.70 Å². The Morgan fingerprint density at radius 2 is 1.68 bits per heavy atom. The lowest BCUT2D eigenvalue weighted by Gasteiger charge is -2.40. The maximum atomic E-state index is 5.71. The van der Waals surface area contributed by atoms with E-state index in [0.717, 1.165) is 0 Å². The highest BCUT2D eigenvalue weighted by molar-refractivity contribution is 5.14. The summed E-state index contributed by atoms with van der Waals surface area (Å²) in [6.07, 6.45) is 15.5. The predicted octanol–water partition coefficient (Wildman–Crippen LogP) is 4.47. The summed E-state index contributed by atoms with van der Waals surface area (Å²) in [4.78, 5) is 5.68. The Kier molecular flexibility index (Phi) is 6.82. The molecule has 0 aromatic carbocycles. The van der Waals surface area contributed by atoms with E-state index in [2.05, 4.69) is 20.8 Å². The highest BCUT2D eigenvalue weighted by Crippen LogP contribution is 2.31. The fourth-order valence-corrected chi connectivity index (χ4v) is 2.51. The van der Waals surface area contributed by atoms with Gasteiger partial charge in [0.25, 0.3) is 0 Å². The van der Waals surface area contributed by atoms with Crippen LogP contribution in [-0.4, -0.2) is 10.6 Å². The van der Waals surface area contributed by atoms with Crippen LogP contribution in [0.4, 0.5) is 0 Å². The Labute approximate surface area is 118 Å². The molecule has 0 bridgehead atoms. The molecule has 1 aliphatic heterocycles. The molecule has 1 aliphatic rings. The maximum absolute atomic E-state index is 5.71. The summed E-state index contributed by atoms with van der Waals surface area (Å²) in [5, 5.41) is 1.99. The van der Waals surface area contributed by atoms with Crippen molar-refractivity contribution in [2.45, 2.75) is 77.7 Å². The van der Waals surface area contributed by atoms with Gasteiger partial charge in [-0.05, 0) is 25.8 Å². The second kappa shape index (κ2) is 8.13. The van der Waals surface area contributed by atoms with Crippen molar-refractivity contribution in [1.82, 2.24) is 5.06 Å². The lowest BCUT2D eigenvalue weighted by molar-refractivity contribution is -0.144.